The molecule has 1 aliphatic carbocycles. The number of nitrogens with zero attached hydrogens (tertiary/aromatic N) is 6. The summed E-state index contributed by atoms with van der Waals surface area (Å²) in [5.74, 6) is -0.612. The highest BCUT2D eigenvalue weighted by molar-refractivity contribution is 5.98. The predicted molar refractivity (Wildman–Crippen MR) is 120 cm³/mol. The second-order valence-corrected chi connectivity index (χ2v) is 8.91. The van der Waals surface area contributed by atoms with E-state index in [0.717, 1.165) is 24.1 Å². The van der Waals surface area contributed by atoms with Crippen LogP contribution >= 0.6 is 0 Å². The smallest absolute Gasteiger partial charge is 0.256 e. The largest absolute Gasteiger partial charge is 0.367 e. The Labute approximate surface area is 193 Å². The van der Waals surface area contributed by atoms with E-state index < -0.39 is 11.6 Å². The first-order chi connectivity index (χ1) is 16.5. The molecule has 34 heavy (non-hydrogen) atoms. The quantitative estimate of drug-likeness (QED) is 0.490. The molecule has 0 bridgehead atoms. The molecule has 1 amide bonds. The van der Waals surface area contributed by atoms with Gasteiger partial charge in [0.05, 0.1) is 46.9 Å². The van der Waals surface area contributed by atoms with E-state index in [4.69, 9.17) is 0 Å². The van der Waals surface area contributed by atoms with E-state index in [9.17, 15) is 13.6 Å². The number of anilines is 1. The van der Waals surface area contributed by atoms with Crippen LogP contribution in [0, 0.1) is 30.4 Å². The van der Waals surface area contributed by atoms with E-state index in [1.807, 2.05) is 30.0 Å². The molecule has 10 heteroatoms. The molecule has 6 rings (SSSR count). The Balaban J connectivity index is 1.25. The molecule has 2 aromatic carbocycles. The zero-order valence-electron chi connectivity index (χ0n) is 18.3. The maximum Gasteiger partial charge on any atom is 0.256 e. The van der Waals surface area contributed by atoms with Gasteiger partial charge in [-0.25, -0.2) is 13.8 Å². The standard InChI is InChI=1S/C24H21F2N7O/c1-13-2-3-21(33-29-4-5-30-33)16(6-13)24(34)32-12-14-7-15(14)22(32)10-28-23-11-27-19-8-17(25)18(26)9-20(19)31-23/h2-6,8-9,11,14-15,22H,7,10,12H2,1H3,(H,28,31). The van der Waals surface area contributed by atoms with Gasteiger partial charge in [0.1, 0.15) is 5.82 Å². The Bertz CT molecular complexity index is 1410. The van der Waals surface area contributed by atoms with E-state index in [-0.39, 0.29) is 23.0 Å². The van der Waals surface area contributed by atoms with Gasteiger partial charge >= 0.3 is 0 Å². The average molecular weight is 461 g/mol. The first-order valence-corrected chi connectivity index (χ1v) is 11.1. The van der Waals surface area contributed by atoms with E-state index in [1.165, 1.54) is 11.0 Å². The van der Waals surface area contributed by atoms with Crippen LogP contribution in [0.1, 0.15) is 22.3 Å². The Morgan fingerprint density at radius 3 is 2.68 bits per heavy atom. The summed E-state index contributed by atoms with van der Waals surface area (Å²) in [6.07, 6.45) is 5.74. The maximum atomic E-state index is 13.7. The van der Waals surface area contributed by atoms with Crippen molar-refractivity contribution in [2.45, 2.75) is 19.4 Å². The summed E-state index contributed by atoms with van der Waals surface area (Å²) in [6, 6.07) is 7.72. The summed E-state index contributed by atoms with van der Waals surface area (Å²) in [4.78, 5) is 25.6. The lowest BCUT2D eigenvalue weighted by atomic mass is 10.1. The first kappa shape index (κ1) is 20.6. The zero-order chi connectivity index (χ0) is 23.4. The lowest BCUT2D eigenvalue weighted by Gasteiger charge is -2.28. The molecule has 2 aliphatic rings. The van der Waals surface area contributed by atoms with Crippen molar-refractivity contribution in [2.24, 2.45) is 11.8 Å². The van der Waals surface area contributed by atoms with Gasteiger partial charge in [-0.3, -0.25) is 9.78 Å². The Morgan fingerprint density at radius 2 is 1.88 bits per heavy atom. The van der Waals surface area contributed by atoms with Crippen LogP contribution in [0.15, 0.2) is 48.9 Å². The minimum Gasteiger partial charge on any atom is -0.367 e. The summed E-state index contributed by atoms with van der Waals surface area (Å²) >= 11 is 0. The minimum absolute atomic E-state index is 0.0149. The van der Waals surface area contributed by atoms with Crippen LogP contribution in [0.4, 0.5) is 14.6 Å². The third-order valence-electron chi connectivity index (χ3n) is 6.66. The Hall–Kier alpha value is -3.95. The topological polar surface area (TPSA) is 88.8 Å². The molecule has 1 saturated heterocycles. The predicted octanol–water partition coefficient (Wildman–Crippen LogP) is 3.37. The molecule has 3 unspecified atom stereocenters. The van der Waals surface area contributed by atoms with Crippen LogP contribution in [0.5, 0.6) is 0 Å². The van der Waals surface area contributed by atoms with E-state index in [1.54, 1.807) is 12.4 Å². The third kappa shape index (κ3) is 3.55. The lowest BCUT2D eigenvalue weighted by molar-refractivity contribution is 0.0715. The second-order valence-electron chi connectivity index (χ2n) is 8.91. The van der Waals surface area contributed by atoms with Gasteiger partial charge in [-0.1, -0.05) is 11.6 Å². The number of amides is 1. The van der Waals surface area contributed by atoms with Gasteiger partial charge in [-0.2, -0.15) is 15.0 Å². The molecule has 0 radical (unpaired) electrons. The fourth-order valence-electron chi connectivity index (χ4n) is 4.86. The van der Waals surface area contributed by atoms with Crippen molar-refractivity contribution in [3.63, 3.8) is 0 Å². The number of rotatable bonds is 5. The number of aryl methyl sites for hydroxylation is 1. The van der Waals surface area contributed by atoms with Crippen molar-refractivity contribution >= 4 is 22.8 Å². The minimum atomic E-state index is -0.965. The molecule has 172 valence electrons. The molecular weight excluding hydrogens is 440 g/mol. The lowest BCUT2D eigenvalue weighted by Crippen LogP contribution is -2.43. The van der Waals surface area contributed by atoms with Gasteiger partial charge < -0.3 is 10.2 Å². The summed E-state index contributed by atoms with van der Waals surface area (Å²) < 4.78 is 27.1. The maximum absolute atomic E-state index is 13.7. The molecule has 3 heterocycles. The van der Waals surface area contributed by atoms with Gasteiger partial charge in [0.2, 0.25) is 0 Å². The number of piperidine rings is 1. The van der Waals surface area contributed by atoms with Crippen molar-refractivity contribution in [1.29, 1.82) is 0 Å². The molecular formula is C24H21F2N7O. The number of likely N-dealkylation sites (tertiary alicyclic amines) is 1. The molecule has 4 aromatic rings. The molecule has 1 N–H and O–H groups in total. The van der Waals surface area contributed by atoms with Crippen molar-refractivity contribution in [3.8, 4) is 5.69 Å². The van der Waals surface area contributed by atoms with E-state index in [0.29, 0.717) is 42.0 Å². The zero-order valence-corrected chi connectivity index (χ0v) is 18.3. The highest BCUT2D eigenvalue weighted by Gasteiger charge is 2.54. The number of carbonyl (C=O) groups is 1. The number of fused-ring (bicyclic) bond motifs is 2. The van der Waals surface area contributed by atoms with Crippen molar-refractivity contribution < 1.29 is 13.6 Å². The van der Waals surface area contributed by atoms with Gasteiger partial charge in [0.25, 0.3) is 5.91 Å². The van der Waals surface area contributed by atoms with Gasteiger partial charge in [-0.15, -0.1) is 0 Å². The third-order valence-corrected chi connectivity index (χ3v) is 6.66. The highest BCUT2D eigenvalue weighted by Crippen LogP contribution is 2.50. The molecule has 1 aliphatic heterocycles. The van der Waals surface area contributed by atoms with E-state index >= 15 is 0 Å². The Kier molecular flexibility index (Phi) is 4.75. The number of carbonyl (C=O) groups excluding carboxylic acids is 1. The number of benzene rings is 2. The van der Waals surface area contributed by atoms with Crippen molar-refractivity contribution in [2.75, 3.05) is 18.4 Å². The highest BCUT2D eigenvalue weighted by atomic mass is 19.2. The Morgan fingerprint density at radius 1 is 1.12 bits per heavy atom. The van der Waals surface area contributed by atoms with Crippen LogP contribution in [-0.4, -0.2) is 54.9 Å². The first-order valence-electron chi connectivity index (χ1n) is 11.1. The van der Waals surface area contributed by atoms with Crippen molar-refractivity contribution in [3.05, 3.63) is 71.7 Å². The van der Waals surface area contributed by atoms with Crippen LogP contribution in [0.2, 0.25) is 0 Å². The number of hydrogen-bond donors (Lipinski definition) is 1. The van der Waals surface area contributed by atoms with Gasteiger partial charge in [0.15, 0.2) is 11.6 Å². The normalized spacial score (nSPS) is 21.0. The number of aromatic nitrogens is 5. The SMILES string of the molecule is Cc1ccc(-n2nccn2)c(C(=O)N2CC3CC3C2CNc2cnc3cc(F)c(F)cc3n2)c1. The van der Waals surface area contributed by atoms with Crippen LogP contribution < -0.4 is 5.32 Å². The summed E-state index contributed by atoms with van der Waals surface area (Å²) in [5, 5.41) is 11.6. The molecule has 2 fully saturated rings. The van der Waals surface area contributed by atoms with Crippen LogP contribution in [0.3, 0.4) is 0 Å². The molecule has 2 aromatic heterocycles. The van der Waals surface area contributed by atoms with Gasteiger partial charge in [0, 0.05) is 25.2 Å². The summed E-state index contributed by atoms with van der Waals surface area (Å²) in [7, 11) is 0. The number of nitrogens with one attached hydrogen (secondary N) is 1. The number of halogens is 2. The molecule has 8 nitrogen and oxygen atoms in total. The summed E-state index contributed by atoms with van der Waals surface area (Å²) in [5.41, 5.74) is 2.73. The monoisotopic (exact) mass is 461 g/mol. The second kappa shape index (κ2) is 7.82. The fourth-order valence-corrected chi connectivity index (χ4v) is 4.86. The summed E-state index contributed by atoms with van der Waals surface area (Å²) in [6.45, 7) is 3.13. The average Bonchev–Trinajstić information content (AvgIpc) is 3.22. The van der Waals surface area contributed by atoms with Crippen LogP contribution in [0.25, 0.3) is 16.7 Å². The fraction of sp³-hybridized carbons (Fsp3) is 0.292. The molecule has 3 atom stereocenters. The van der Waals surface area contributed by atoms with Crippen molar-refractivity contribution in [1.82, 2.24) is 29.9 Å². The van der Waals surface area contributed by atoms with Gasteiger partial charge in [-0.05, 0) is 37.3 Å². The number of hydrogen-bond acceptors (Lipinski definition) is 6. The van der Waals surface area contributed by atoms with Crippen LogP contribution in [-0.2, 0) is 0 Å². The van der Waals surface area contributed by atoms with E-state index in [2.05, 4.69) is 25.5 Å². The molecule has 1 saturated carbocycles. The molecule has 0 spiro atoms.